The van der Waals surface area contributed by atoms with Crippen molar-refractivity contribution in [2.75, 3.05) is 12.8 Å². The number of carbonyl (C=O) groups is 2. The fraction of sp³-hybridized carbons (Fsp3) is 0.600. The molecule has 0 unspecified atom stereocenters. The number of hydrogen-bond acceptors (Lipinski definition) is 4. The van der Waals surface area contributed by atoms with E-state index in [2.05, 4.69) is 0 Å². The quantitative estimate of drug-likeness (QED) is 0.541. The summed E-state index contributed by atoms with van der Waals surface area (Å²) in [5.41, 5.74) is 7.45. The van der Waals surface area contributed by atoms with Crippen molar-refractivity contribution in [3.05, 3.63) is 28.8 Å². The minimum Gasteiger partial charge on any atom is -0.469 e. The van der Waals surface area contributed by atoms with Crippen LogP contribution in [0.2, 0.25) is 5.02 Å². The minimum atomic E-state index is -0.317. The fourth-order valence-corrected chi connectivity index (χ4v) is 3.88. The lowest BCUT2D eigenvalue weighted by atomic mass is 9.81. The van der Waals surface area contributed by atoms with Gasteiger partial charge in [-0.05, 0) is 36.5 Å². The second-order valence-corrected chi connectivity index (χ2v) is 7.48. The van der Waals surface area contributed by atoms with E-state index in [9.17, 15) is 9.59 Å². The monoisotopic (exact) mass is 365 g/mol. The topological polar surface area (TPSA) is 69.4 Å². The van der Waals surface area contributed by atoms with Gasteiger partial charge in [-0.3, -0.25) is 9.59 Å². The summed E-state index contributed by atoms with van der Waals surface area (Å²) >= 11 is 5.89. The average molecular weight is 366 g/mol. The maximum Gasteiger partial charge on any atom is 0.309 e. The van der Waals surface area contributed by atoms with Crippen molar-refractivity contribution in [3.8, 4) is 0 Å². The summed E-state index contributed by atoms with van der Waals surface area (Å²) in [7, 11) is 1.40. The first-order valence-corrected chi connectivity index (χ1v) is 9.50. The Balaban J connectivity index is 1.88. The zero-order valence-electron chi connectivity index (χ0n) is 14.9. The van der Waals surface area contributed by atoms with E-state index in [-0.39, 0.29) is 24.1 Å². The third kappa shape index (κ3) is 6.35. The van der Waals surface area contributed by atoms with Gasteiger partial charge in [0.15, 0.2) is 0 Å². The lowest BCUT2D eigenvalue weighted by Crippen LogP contribution is -2.24. The summed E-state index contributed by atoms with van der Waals surface area (Å²) in [6.45, 7) is 0. The van der Waals surface area contributed by atoms with Crippen molar-refractivity contribution < 1.29 is 14.3 Å². The van der Waals surface area contributed by atoms with E-state index in [1.165, 1.54) is 26.4 Å². The number of esters is 1. The number of rotatable bonds is 8. The molecule has 0 amide bonds. The van der Waals surface area contributed by atoms with Crippen LogP contribution in [0.1, 0.15) is 56.9 Å². The molecule has 0 radical (unpaired) electrons. The van der Waals surface area contributed by atoms with Gasteiger partial charge < -0.3 is 10.5 Å². The molecule has 0 saturated heterocycles. The van der Waals surface area contributed by atoms with Crippen LogP contribution < -0.4 is 5.73 Å². The van der Waals surface area contributed by atoms with E-state index in [4.69, 9.17) is 22.1 Å². The Kier molecular flexibility index (Phi) is 7.76. The molecule has 1 aromatic carbocycles. The molecule has 5 heteroatoms. The number of aryl methyl sites for hydroxylation is 1. The lowest BCUT2D eigenvalue weighted by Gasteiger charge is -2.25. The van der Waals surface area contributed by atoms with E-state index in [1.54, 1.807) is 12.1 Å². The Bertz CT molecular complexity index is 597. The maximum atomic E-state index is 12.4. The van der Waals surface area contributed by atoms with Crippen molar-refractivity contribution in [3.63, 3.8) is 0 Å². The molecule has 1 atom stereocenters. The Morgan fingerprint density at radius 2 is 2.00 bits per heavy atom. The molecule has 2 N–H and O–H groups in total. The van der Waals surface area contributed by atoms with Crippen molar-refractivity contribution in [1.82, 2.24) is 0 Å². The number of hydrogen-bond donors (Lipinski definition) is 1. The minimum absolute atomic E-state index is 0.0839. The van der Waals surface area contributed by atoms with Gasteiger partial charge in [-0.2, -0.15) is 0 Å². The molecule has 25 heavy (non-hydrogen) atoms. The Labute approximate surface area is 155 Å². The van der Waals surface area contributed by atoms with Crippen LogP contribution in [0.25, 0.3) is 0 Å². The van der Waals surface area contributed by atoms with Gasteiger partial charge in [-0.15, -0.1) is 0 Å². The molecule has 1 fully saturated rings. The van der Waals surface area contributed by atoms with Crippen LogP contribution in [0.15, 0.2) is 18.2 Å². The second kappa shape index (κ2) is 9.81. The Morgan fingerprint density at radius 3 is 2.64 bits per heavy atom. The first kappa shape index (κ1) is 19.8. The van der Waals surface area contributed by atoms with Crippen LogP contribution in [-0.4, -0.2) is 18.9 Å². The van der Waals surface area contributed by atoms with Gasteiger partial charge >= 0.3 is 5.97 Å². The third-order valence-corrected chi connectivity index (χ3v) is 5.37. The van der Waals surface area contributed by atoms with Gasteiger partial charge in [0, 0.05) is 23.6 Å². The Morgan fingerprint density at radius 1 is 1.28 bits per heavy atom. The molecular weight excluding hydrogens is 338 g/mol. The highest BCUT2D eigenvalue weighted by molar-refractivity contribution is 6.30. The van der Waals surface area contributed by atoms with Crippen LogP contribution in [-0.2, 0) is 20.7 Å². The number of methoxy groups -OCH3 is 1. The van der Waals surface area contributed by atoms with Gasteiger partial charge in [0.25, 0.3) is 0 Å². The van der Waals surface area contributed by atoms with Crippen molar-refractivity contribution in [2.45, 2.75) is 57.8 Å². The number of benzene rings is 1. The van der Waals surface area contributed by atoms with Crippen LogP contribution in [0.5, 0.6) is 0 Å². The summed E-state index contributed by atoms with van der Waals surface area (Å²) in [5.74, 6) is 0.0474. The molecule has 0 spiro atoms. The molecule has 1 aliphatic rings. The number of ketones is 1. The SMILES string of the molecule is COC(=O)[C@H](CC(=O)CCc1ccc(Cl)cc1N)CC1CCCCC1. The molecule has 0 heterocycles. The number of anilines is 1. The molecule has 1 aliphatic carbocycles. The van der Waals surface area contributed by atoms with Gasteiger partial charge in [-0.1, -0.05) is 49.8 Å². The van der Waals surface area contributed by atoms with Crippen LogP contribution in [0.4, 0.5) is 5.69 Å². The zero-order valence-corrected chi connectivity index (χ0v) is 15.7. The standard InChI is InChI=1S/C20H28ClNO3/c1-25-20(24)16(11-14-5-3-2-4-6-14)12-18(23)10-8-15-7-9-17(21)13-19(15)22/h7,9,13-14,16H,2-6,8,10-12,22H2,1H3/t16-/m0/s1. The van der Waals surface area contributed by atoms with Crippen LogP contribution >= 0.6 is 11.6 Å². The van der Waals surface area contributed by atoms with E-state index < -0.39 is 0 Å². The molecule has 2 rings (SSSR count). The van der Waals surface area contributed by atoms with Gasteiger partial charge in [0.1, 0.15) is 5.78 Å². The van der Waals surface area contributed by atoms with Crippen LogP contribution in [0, 0.1) is 11.8 Å². The van der Waals surface area contributed by atoms with Crippen LogP contribution in [0.3, 0.4) is 0 Å². The van der Waals surface area contributed by atoms with Gasteiger partial charge in [0.05, 0.1) is 13.0 Å². The number of halogens is 1. The molecule has 1 saturated carbocycles. The normalized spacial score (nSPS) is 16.4. The highest BCUT2D eigenvalue weighted by atomic mass is 35.5. The molecule has 4 nitrogen and oxygen atoms in total. The predicted molar refractivity (Wildman–Crippen MR) is 101 cm³/mol. The molecule has 0 aromatic heterocycles. The predicted octanol–water partition coefficient (Wildman–Crippen LogP) is 4.57. The molecule has 0 bridgehead atoms. The summed E-state index contributed by atoms with van der Waals surface area (Å²) < 4.78 is 4.92. The number of ether oxygens (including phenoxy) is 1. The molecule has 1 aromatic rings. The number of nitrogen functional groups attached to an aromatic ring is 1. The first-order chi connectivity index (χ1) is 12.0. The van der Waals surface area contributed by atoms with E-state index in [1.807, 2.05) is 6.07 Å². The number of nitrogens with two attached hydrogens (primary N) is 1. The smallest absolute Gasteiger partial charge is 0.309 e. The molecular formula is C20H28ClNO3. The maximum absolute atomic E-state index is 12.4. The van der Waals surface area contributed by atoms with Gasteiger partial charge in [0.2, 0.25) is 0 Å². The van der Waals surface area contributed by atoms with E-state index in [0.717, 1.165) is 24.8 Å². The summed E-state index contributed by atoms with van der Waals surface area (Å²) in [5, 5.41) is 0.589. The lowest BCUT2D eigenvalue weighted by molar-refractivity contribution is -0.148. The van der Waals surface area contributed by atoms with Crippen molar-refractivity contribution in [2.24, 2.45) is 11.8 Å². The zero-order chi connectivity index (χ0) is 18.2. The molecule has 138 valence electrons. The van der Waals surface area contributed by atoms with Gasteiger partial charge in [-0.25, -0.2) is 0 Å². The number of Topliss-reactive ketones (excluding diaryl/α,β-unsaturated/α-hetero) is 1. The second-order valence-electron chi connectivity index (χ2n) is 7.05. The fourth-order valence-electron chi connectivity index (χ4n) is 3.70. The summed E-state index contributed by atoms with van der Waals surface area (Å²) in [6, 6.07) is 5.32. The first-order valence-electron chi connectivity index (χ1n) is 9.13. The summed E-state index contributed by atoms with van der Waals surface area (Å²) in [4.78, 5) is 24.5. The molecule has 0 aliphatic heterocycles. The van der Waals surface area contributed by atoms with Crippen molar-refractivity contribution >= 4 is 29.0 Å². The van der Waals surface area contributed by atoms with Crippen molar-refractivity contribution in [1.29, 1.82) is 0 Å². The third-order valence-electron chi connectivity index (χ3n) is 5.13. The number of carbonyl (C=O) groups excluding carboxylic acids is 2. The van der Waals surface area contributed by atoms with E-state index >= 15 is 0 Å². The van der Waals surface area contributed by atoms with E-state index in [0.29, 0.717) is 29.5 Å². The summed E-state index contributed by atoms with van der Waals surface area (Å²) in [6.07, 6.45) is 8.01. The Hall–Kier alpha value is -1.55. The average Bonchev–Trinajstić information content (AvgIpc) is 2.60. The largest absolute Gasteiger partial charge is 0.469 e. The highest BCUT2D eigenvalue weighted by Gasteiger charge is 2.27. The highest BCUT2D eigenvalue weighted by Crippen LogP contribution is 2.31.